The van der Waals surface area contributed by atoms with E-state index in [-0.39, 0.29) is 0 Å². The molecule has 0 unspecified atom stereocenters. The second-order valence-corrected chi connectivity index (χ2v) is 9.82. The van der Waals surface area contributed by atoms with Crippen molar-refractivity contribution in [2.45, 2.75) is 55.4 Å². The van der Waals surface area contributed by atoms with Crippen LogP contribution in [-0.2, 0) is 0 Å². The van der Waals surface area contributed by atoms with Gasteiger partial charge in [0.25, 0.3) is 0 Å². The molecule has 1 aromatic heterocycles. The molecule has 0 bridgehead atoms. The number of halogens is 1. The molecule has 2 fully saturated rings. The van der Waals surface area contributed by atoms with Gasteiger partial charge < -0.3 is 10.6 Å². The minimum absolute atomic E-state index is 0.611. The number of hydrogen-bond donors (Lipinski definition) is 1. The number of benzene rings is 1. The number of piperidine rings is 1. The number of aromatic nitrogens is 2. The van der Waals surface area contributed by atoms with E-state index in [4.69, 9.17) is 22.3 Å². The zero-order valence-corrected chi connectivity index (χ0v) is 19.6. The van der Waals surface area contributed by atoms with E-state index in [9.17, 15) is 0 Å². The number of allylic oxidation sites excluding steroid dienone is 1. The number of aliphatic imine (C=N–C) groups is 1. The summed E-state index contributed by atoms with van der Waals surface area (Å²) in [5.74, 6) is 0.973. The highest BCUT2D eigenvalue weighted by molar-refractivity contribution is 7.99. The summed E-state index contributed by atoms with van der Waals surface area (Å²) >= 11 is 8.20. The van der Waals surface area contributed by atoms with E-state index in [1.807, 2.05) is 37.5 Å². The monoisotopic (exact) mass is 455 g/mol. The zero-order valence-electron chi connectivity index (χ0n) is 18.1. The predicted octanol–water partition coefficient (Wildman–Crippen LogP) is 5.83. The summed E-state index contributed by atoms with van der Waals surface area (Å²) in [6, 6.07) is 5.92. The largest absolute Gasteiger partial charge is 0.404 e. The lowest BCUT2D eigenvalue weighted by Gasteiger charge is -2.39. The lowest BCUT2D eigenvalue weighted by Crippen LogP contribution is -2.39. The summed E-state index contributed by atoms with van der Waals surface area (Å²) in [6.07, 6.45) is 15.2. The Morgan fingerprint density at radius 1 is 1.19 bits per heavy atom. The standard InChI is InChI=1S/C24H30ClN5S/c1-2-27-15-18(14-26)19-6-5-7-20(23(19)25)31-22-17-28-21(16-29-22)30-12-10-24(11-13-30)8-3-4-9-24/h5-7,14-17H,2-4,8-13,26H2,1H3. The third-order valence-corrected chi connectivity index (χ3v) is 8.01. The van der Waals surface area contributed by atoms with Crippen molar-refractivity contribution in [1.82, 2.24) is 9.97 Å². The Balaban J connectivity index is 1.44. The van der Waals surface area contributed by atoms with Crippen LogP contribution in [0.1, 0.15) is 51.0 Å². The molecule has 1 saturated carbocycles. The average Bonchev–Trinajstić information content (AvgIpc) is 3.25. The first-order valence-electron chi connectivity index (χ1n) is 11.1. The van der Waals surface area contributed by atoms with Gasteiger partial charge in [0, 0.05) is 48.1 Å². The van der Waals surface area contributed by atoms with Crippen LogP contribution < -0.4 is 10.6 Å². The highest BCUT2D eigenvalue weighted by Gasteiger charge is 2.37. The molecule has 2 aliphatic rings. The van der Waals surface area contributed by atoms with Gasteiger partial charge in [-0.3, -0.25) is 4.99 Å². The fraction of sp³-hybridized carbons (Fsp3) is 0.458. The Morgan fingerprint density at radius 2 is 1.97 bits per heavy atom. The first-order valence-corrected chi connectivity index (χ1v) is 12.3. The molecule has 2 aromatic rings. The van der Waals surface area contributed by atoms with Crippen LogP contribution in [0.15, 0.2) is 51.7 Å². The van der Waals surface area contributed by atoms with Gasteiger partial charge in [0.1, 0.15) is 10.8 Å². The highest BCUT2D eigenvalue weighted by Crippen LogP contribution is 2.46. The molecule has 5 nitrogen and oxygen atoms in total. The first kappa shape index (κ1) is 22.2. The van der Waals surface area contributed by atoms with Crippen LogP contribution in [0.4, 0.5) is 5.82 Å². The van der Waals surface area contributed by atoms with Crippen molar-refractivity contribution in [3.05, 3.63) is 47.4 Å². The SMILES string of the molecule is CCN=CC(=CN)c1cccc(Sc2cnc(N3CCC4(CCCC4)CC3)cn2)c1Cl. The predicted molar refractivity (Wildman–Crippen MR) is 131 cm³/mol. The summed E-state index contributed by atoms with van der Waals surface area (Å²) in [4.78, 5) is 16.9. The van der Waals surface area contributed by atoms with Crippen LogP contribution in [-0.4, -0.2) is 35.8 Å². The van der Waals surface area contributed by atoms with E-state index < -0.39 is 0 Å². The molecular formula is C24H30ClN5S. The molecule has 1 spiro atoms. The molecule has 164 valence electrons. The van der Waals surface area contributed by atoms with E-state index in [1.54, 1.807) is 6.21 Å². The van der Waals surface area contributed by atoms with Gasteiger partial charge in [-0.2, -0.15) is 0 Å². The summed E-state index contributed by atoms with van der Waals surface area (Å²) in [6.45, 7) is 4.85. The van der Waals surface area contributed by atoms with Crippen molar-refractivity contribution >= 4 is 41.0 Å². The zero-order chi connectivity index (χ0) is 21.7. The number of nitrogens with two attached hydrogens (primary N) is 1. The summed E-state index contributed by atoms with van der Waals surface area (Å²) in [5.41, 5.74) is 8.08. The van der Waals surface area contributed by atoms with Gasteiger partial charge in [0.15, 0.2) is 0 Å². The average molecular weight is 456 g/mol. The van der Waals surface area contributed by atoms with Crippen LogP contribution in [0, 0.1) is 5.41 Å². The Hall–Kier alpha value is -2.05. The lowest BCUT2D eigenvalue weighted by molar-refractivity contribution is 0.226. The molecule has 1 aliphatic heterocycles. The third-order valence-electron chi connectivity index (χ3n) is 6.51. The number of hydrogen-bond acceptors (Lipinski definition) is 6. The van der Waals surface area contributed by atoms with E-state index in [0.717, 1.165) is 40.0 Å². The molecule has 1 aliphatic carbocycles. The van der Waals surface area contributed by atoms with E-state index in [2.05, 4.69) is 14.9 Å². The highest BCUT2D eigenvalue weighted by atomic mass is 35.5. The number of anilines is 1. The van der Waals surface area contributed by atoms with E-state index in [0.29, 0.717) is 17.0 Å². The summed E-state index contributed by atoms with van der Waals surface area (Å²) < 4.78 is 0. The Bertz CT molecular complexity index is 941. The first-order chi connectivity index (χ1) is 15.1. The van der Waals surface area contributed by atoms with Gasteiger partial charge in [-0.05, 0) is 44.1 Å². The van der Waals surface area contributed by atoms with Crippen molar-refractivity contribution in [2.24, 2.45) is 16.1 Å². The fourth-order valence-corrected chi connectivity index (χ4v) is 5.81. The van der Waals surface area contributed by atoms with Crippen LogP contribution in [0.3, 0.4) is 0 Å². The van der Waals surface area contributed by atoms with Crippen LogP contribution >= 0.6 is 23.4 Å². The van der Waals surface area contributed by atoms with Crippen LogP contribution in [0.5, 0.6) is 0 Å². The lowest BCUT2D eigenvalue weighted by atomic mass is 9.77. The van der Waals surface area contributed by atoms with Gasteiger partial charge in [-0.25, -0.2) is 9.97 Å². The third kappa shape index (κ3) is 5.07. The van der Waals surface area contributed by atoms with Gasteiger partial charge >= 0.3 is 0 Å². The van der Waals surface area contributed by atoms with Crippen LogP contribution in [0.25, 0.3) is 5.57 Å². The van der Waals surface area contributed by atoms with Crippen molar-refractivity contribution in [2.75, 3.05) is 24.5 Å². The van der Waals surface area contributed by atoms with Gasteiger partial charge in [0.05, 0.1) is 17.4 Å². The Morgan fingerprint density at radius 3 is 2.61 bits per heavy atom. The maximum atomic E-state index is 6.69. The minimum Gasteiger partial charge on any atom is -0.404 e. The normalized spacial score (nSPS) is 18.9. The molecule has 0 amide bonds. The fourth-order valence-electron chi connectivity index (χ4n) is 4.68. The quantitative estimate of drug-likeness (QED) is 0.555. The summed E-state index contributed by atoms with van der Waals surface area (Å²) in [7, 11) is 0. The maximum Gasteiger partial charge on any atom is 0.147 e. The molecule has 1 saturated heterocycles. The van der Waals surface area contributed by atoms with Crippen molar-refractivity contribution in [1.29, 1.82) is 0 Å². The molecule has 31 heavy (non-hydrogen) atoms. The second-order valence-electron chi connectivity index (χ2n) is 8.38. The smallest absolute Gasteiger partial charge is 0.147 e. The molecule has 2 N–H and O–H groups in total. The van der Waals surface area contributed by atoms with Gasteiger partial charge in [-0.15, -0.1) is 0 Å². The molecular weight excluding hydrogens is 426 g/mol. The van der Waals surface area contributed by atoms with Crippen molar-refractivity contribution in [3.8, 4) is 0 Å². The van der Waals surface area contributed by atoms with Gasteiger partial charge in [-0.1, -0.05) is 48.3 Å². The van der Waals surface area contributed by atoms with Gasteiger partial charge in [0.2, 0.25) is 0 Å². The second kappa shape index (κ2) is 10.0. The summed E-state index contributed by atoms with van der Waals surface area (Å²) in [5, 5.41) is 1.48. The molecule has 2 heterocycles. The minimum atomic E-state index is 0.611. The Kier molecular flexibility index (Phi) is 7.18. The van der Waals surface area contributed by atoms with E-state index >= 15 is 0 Å². The van der Waals surface area contributed by atoms with Crippen molar-refractivity contribution in [3.63, 3.8) is 0 Å². The van der Waals surface area contributed by atoms with Crippen molar-refractivity contribution < 1.29 is 0 Å². The van der Waals surface area contributed by atoms with Crippen LogP contribution in [0.2, 0.25) is 5.02 Å². The molecule has 0 radical (unpaired) electrons. The topological polar surface area (TPSA) is 67.4 Å². The number of rotatable bonds is 6. The molecule has 0 atom stereocenters. The maximum absolute atomic E-state index is 6.69. The molecule has 7 heteroatoms. The molecule has 4 rings (SSSR count). The Labute approximate surface area is 194 Å². The van der Waals surface area contributed by atoms with E-state index in [1.165, 1.54) is 56.5 Å². The molecule has 1 aromatic carbocycles. The number of nitrogens with zero attached hydrogens (tertiary/aromatic N) is 4.